The number of rotatable bonds is 7. The second kappa shape index (κ2) is 11.3. The molecule has 1 aromatic rings. The highest BCUT2D eigenvalue weighted by molar-refractivity contribution is 14.0. The van der Waals surface area contributed by atoms with E-state index >= 15 is 0 Å². The molecule has 0 spiro atoms. The van der Waals surface area contributed by atoms with Crippen LogP contribution in [-0.4, -0.2) is 38.7 Å². The van der Waals surface area contributed by atoms with E-state index in [4.69, 9.17) is 0 Å². The van der Waals surface area contributed by atoms with Gasteiger partial charge in [0, 0.05) is 38.4 Å². The third kappa shape index (κ3) is 7.24. The van der Waals surface area contributed by atoms with Crippen LogP contribution in [0.4, 0.5) is 5.69 Å². The van der Waals surface area contributed by atoms with E-state index in [1.807, 2.05) is 6.07 Å². The number of para-hydroxylation sites is 1. The van der Waals surface area contributed by atoms with Gasteiger partial charge in [0.1, 0.15) is 0 Å². The van der Waals surface area contributed by atoms with E-state index in [-0.39, 0.29) is 24.0 Å². The third-order valence-electron chi connectivity index (χ3n) is 3.81. The molecular formula is C18H29IN4. The van der Waals surface area contributed by atoms with E-state index in [9.17, 15) is 0 Å². The molecule has 23 heavy (non-hydrogen) atoms. The van der Waals surface area contributed by atoms with Crippen LogP contribution in [0.5, 0.6) is 0 Å². The Hall–Kier alpha value is -1.24. The highest BCUT2D eigenvalue weighted by Gasteiger charge is 2.11. The Morgan fingerprint density at radius 1 is 1.22 bits per heavy atom. The SMILES string of the molecule is CCNC(=NCCCN(C)c1ccccc1)NC1CC=CC1.I. The van der Waals surface area contributed by atoms with Crippen molar-refractivity contribution < 1.29 is 0 Å². The summed E-state index contributed by atoms with van der Waals surface area (Å²) in [6.07, 6.45) is 7.71. The molecular weight excluding hydrogens is 399 g/mol. The number of hydrogen-bond donors (Lipinski definition) is 2. The zero-order valence-electron chi connectivity index (χ0n) is 14.2. The zero-order valence-corrected chi connectivity index (χ0v) is 16.5. The predicted octanol–water partition coefficient (Wildman–Crippen LogP) is 3.40. The highest BCUT2D eigenvalue weighted by Crippen LogP contribution is 2.11. The summed E-state index contributed by atoms with van der Waals surface area (Å²) in [7, 11) is 2.13. The third-order valence-corrected chi connectivity index (χ3v) is 3.81. The normalized spacial score (nSPS) is 14.4. The Kier molecular flexibility index (Phi) is 9.75. The van der Waals surface area contributed by atoms with Gasteiger partial charge in [0.05, 0.1) is 0 Å². The number of anilines is 1. The Labute approximate surface area is 157 Å². The predicted molar refractivity (Wildman–Crippen MR) is 111 cm³/mol. The van der Waals surface area contributed by atoms with E-state index in [2.05, 4.69) is 70.9 Å². The molecule has 5 heteroatoms. The molecule has 128 valence electrons. The molecule has 4 nitrogen and oxygen atoms in total. The van der Waals surface area contributed by atoms with Crippen molar-refractivity contribution in [3.05, 3.63) is 42.5 Å². The number of benzene rings is 1. The molecule has 0 unspecified atom stereocenters. The lowest BCUT2D eigenvalue weighted by atomic mass is 10.2. The minimum Gasteiger partial charge on any atom is -0.375 e. The first-order valence-electron chi connectivity index (χ1n) is 8.25. The van der Waals surface area contributed by atoms with Crippen molar-refractivity contribution in [3.63, 3.8) is 0 Å². The van der Waals surface area contributed by atoms with Gasteiger partial charge in [-0.25, -0.2) is 0 Å². The molecule has 1 aliphatic carbocycles. The average Bonchev–Trinajstić information content (AvgIpc) is 3.05. The molecule has 2 rings (SSSR count). The van der Waals surface area contributed by atoms with Crippen LogP contribution in [0.15, 0.2) is 47.5 Å². The maximum atomic E-state index is 4.68. The van der Waals surface area contributed by atoms with Crippen molar-refractivity contribution in [2.45, 2.75) is 32.2 Å². The Morgan fingerprint density at radius 3 is 2.57 bits per heavy atom. The Balaban J connectivity index is 0.00000264. The second-order valence-electron chi connectivity index (χ2n) is 5.66. The molecule has 0 aromatic heterocycles. The number of halogens is 1. The van der Waals surface area contributed by atoms with E-state index in [0.717, 1.165) is 44.9 Å². The lowest BCUT2D eigenvalue weighted by molar-refractivity contribution is 0.632. The molecule has 0 bridgehead atoms. The molecule has 0 atom stereocenters. The van der Waals surface area contributed by atoms with Gasteiger partial charge in [-0.15, -0.1) is 24.0 Å². The fraction of sp³-hybridized carbons (Fsp3) is 0.500. The van der Waals surface area contributed by atoms with Crippen molar-refractivity contribution in [2.24, 2.45) is 4.99 Å². The van der Waals surface area contributed by atoms with E-state index in [1.54, 1.807) is 0 Å². The van der Waals surface area contributed by atoms with E-state index in [0.29, 0.717) is 6.04 Å². The fourth-order valence-corrected chi connectivity index (χ4v) is 2.56. The maximum absolute atomic E-state index is 4.68. The number of aliphatic imine (C=N–C) groups is 1. The summed E-state index contributed by atoms with van der Waals surface area (Å²) in [4.78, 5) is 6.96. The molecule has 1 aliphatic rings. The summed E-state index contributed by atoms with van der Waals surface area (Å²) in [6, 6.07) is 11.0. The Morgan fingerprint density at radius 2 is 1.91 bits per heavy atom. The highest BCUT2D eigenvalue weighted by atomic mass is 127. The molecule has 0 amide bonds. The van der Waals surface area contributed by atoms with Gasteiger partial charge in [0.2, 0.25) is 0 Å². The molecule has 2 N–H and O–H groups in total. The number of nitrogens with one attached hydrogen (secondary N) is 2. The van der Waals surface area contributed by atoms with Crippen LogP contribution >= 0.6 is 24.0 Å². The van der Waals surface area contributed by atoms with Gasteiger partial charge in [-0.1, -0.05) is 30.4 Å². The summed E-state index contributed by atoms with van der Waals surface area (Å²) >= 11 is 0. The quantitative estimate of drug-likeness (QED) is 0.230. The first-order chi connectivity index (χ1) is 10.8. The van der Waals surface area contributed by atoms with Crippen molar-refractivity contribution in [3.8, 4) is 0 Å². The van der Waals surface area contributed by atoms with E-state index in [1.165, 1.54) is 5.69 Å². The van der Waals surface area contributed by atoms with Crippen molar-refractivity contribution in [1.29, 1.82) is 0 Å². The number of nitrogens with zero attached hydrogens (tertiary/aromatic N) is 2. The van der Waals surface area contributed by atoms with Crippen LogP contribution in [0.1, 0.15) is 26.2 Å². The van der Waals surface area contributed by atoms with Crippen molar-refractivity contribution in [2.75, 3.05) is 31.6 Å². The van der Waals surface area contributed by atoms with Crippen LogP contribution in [0, 0.1) is 0 Å². The van der Waals surface area contributed by atoms with Gasteiger partial charge in [-0.3, -0.25) is 4.99 Å². The standard InChI is InChI=1S/C18H28N4.HI/c1-3-19-18(21-16-10-7-8-11-16)20-14-9-15-22(2)17-12-5-4-6-13-17;/h4-8,12-13,16H,3,9-11,14-15H2,1-2H3,(H2,19,20,21);1H. The summed E-state index contributed by atoms with van der Waals surface area (Å²) < 4.78 is 0. The summed E-state index contributed by atoms with van der Waals surface area (Å²) in [5.41, 5.74) is 1.26. The first-order valence-corrected chi connectivity index (χ1v) is 8.25. The average molecular weight is 428 g/mol. The summed E-state index contributed by atoms with van der Waals surface area (Å²) in [6.45, 7) is 4.85. The topological polar surface area (TPSA) is 39.7 Å². The fourth-order valence-electron chi connectivity index (χ4n) is 2.56. The van der Waals surface area contributed by atoms with Gasteiger partial charge in [0.15, 0.2) is 5.96 Å². The molecule has 0 fully saturated rings. The minimum absolute atomic E-state index is 0. The molecule has 0 radical (unpaired) electrons. The molecule has 0 aliphatic heterocycles. The zero-order chi connectivity index (χ0) is 15.6. The van der Waals surface area contributed by atoms with Gasteiger partial charge in [-0.2, -0.15) is 0 Å². The smallest absolute Gasteiger partial charge is 0.191 e. The molecule has 0 saturated heterocycles. The van der Waals surface area contributed by atoms with Crippen LogP contribution in [0.25, 0.3) is 0 Å². The van der Waals surface area contributed by atoms with Gasteiger partial charge >= 0.3 is 0 Å². The monoisotopic (exact) mass is 428 g/mol. The molecule has 0 saturated carbocycles. The van der Waals surface area contributed by atoms with Crippen LogP contribution in [0.2, 0.25) is 0 Å². The first kappa shape index (κ1) is 19.8. The van der Waals surface area contributed by atoms with Gasteiger partial charge < -0.3 is 15.5 Å². The summed E-state index contributed by atoms with van der Waals surface area (Å²) in [5, 5.41) is 6.83. The van der Waals surface area contributed by atoms with E-state index < -0.39 is 0 Å². The van der Waals surface area contributed by atoms with Crippen LogP contribution in [0.3, 0.4) is 0 Å². The van der Waals surface area contributed by atoms with Crippen LogP contribution in [-0.2, 0) is 0 Å². The lowest BCUT2D eigenvalue weighted by Gasteiger charge is -2.19. The van der Waals surface area contributed by atoms with Crippen molar-refractivity contribution in [1.82, 2.24) is 10.6 Å². The van der Waals surface area contributed by atoms with Gasteiger partial charge in [-0.05, 0) is 38.3 Å². The molecule has 1 aromatic carbocycles. The lowest BCUT2D eigenvalue weighted by Crippen LogP contribution is -2.42. The second-order valence-corrected chi connectivity index (χ2v) is 5.66. The summed E-state index contributed by atoms with van der Waals surface area (Å²) in [5.74, 6) is 0.943. The number of guanidine groups is 1. The van der Waals surface area contributed by atoms with Gasteiger partial charge in [0.25, 0.3) is 0 Å². The maximum Gasteiger partial charge on any atom is 0.191 e. The number of hydrogen-bond acceptors (Lipinski definition) is 2. The van der Waals surface area contributed by atoms with Crippen LogP contribution < -0.4 is 15.5 Å². The minimum atomic E-state index is 0. The largest absolute Gasteiger partial charge is 0.375 e. The van der Waals surface area contributed by atoms with Crippen molar-refractivity contribution >= 4 is 35.6 Å². The molecule has 0 heterocycles. The Bertz CT molecular complexity index is 479.